The molecule has 1 aromatic heterocycles. The van der Waals surface area contributed by atoms with Gasteiger partial charge in [0.25, 0.3) is 0 Å². The van der Waals surface area contributed by atoms with Gasteiger partial charge >= 0.3 is 0 Å². The summed E-state index contributed by atoms with van der Waals surface area (Å²) in [5.41, 5.74) is -0.610. The van der Waals surface area contributed by atoms with Gasteiger partial charge in [0.05, 0.1) is 6.54 Å². The Kier molecular flexibility index (Phi) is 3.09. The van der Waals surface area contributed by atoms with E-state index >= 15 is 0 Å². The van der Waals surface area contributed by atoms with Crippen molar-refractivity contribution < 1.29 is 9.59 Å². The van der Waals surface area contributed by atoms with Crippen LogP contribution in [0.4, 0.5) is 0 Å². The minimum absolute atomic E-state index is 0.0157. The summed E-state index contributed by atoms with van der Waals surface area (Å²) < 4.78 is 0. The molecule has 1 unspecified atom stereocenters. The van der Waals surface area contributed by atoms with E-state index in [2.05, 4.69) is 5.32 Å². The monoisotopic (exact) mass is 278 g/mol. The Hall–Kier alpha value is -1.36. The van der Waals surface area contributed by atoms with Crippen LogP contribution in [-0.4, -0.2) is 28.3 Å². The van der Waals surface area contributed by atoms with E-state index in [4.69, 9.17) is 0 Å². The summed E-state index contributed by atoms with van der Waals surface area (Å²) in [5, 5.41) is 4.97. The Morgan fingerprint density at radius 2 is 2.16 bits per heavy atom. The van der Waals surface area contributed by atoms with Crippen molar-refractivity contribution >= 4 is 23.2 Å². The number of nitrogens with one attached hydrogen (secondary N) is 1. The molecule has 0 aromatic carbocycles. The van der Waals surface area contributed by atoms with Crippen LogP contribution in [0.3, 0.4) is 0 Å². The molecule has 0 radical (unpaired) electrons. The van der Waals surface area contributed by atoms with Crippen molar-refractivity contribution in [3.63, 3.8) is 0 Å². The van der Waals surface area contributed by atoms with Crippen LogP contribution in [0.1, 0.15) is 37.5 Å². The van der Waals surface area contributed by atoms with E-state index in [-0.39, 0.29) is 17.9 Å². The average molecular weight is 278 g/mol. The van der Waals surface area contributed by atoms with Crippen molar-refractivity contribution in [3.8, 4) is 0 Å². The summed E-state index contributed by atoms with van der Waals surface area (Å²) in [4.78, 5) is 27.8. The van der Waals surface area contributed by atoms with Crippen LogP contribution in [-0.2, 0) is 16.1 Å². The van der Waals surface area contributed by atoms with Gasteiger partial charge in [0.1, 0.15) is 11.6 Å². The molecular weight excluding hydrogens is 260 g/mol. The summed E-state index contributed by atoms with van der Waals surface area (Å²) >= 11 is 1.63. The van der Waals surface area contributed by atoms with Crippen molar-refractivity contribution in [1.29, 1.82) is 0 Å². The number of nitrogens with zero attached hydrogens (tertiary/aromatic N) is 1. The molecule has 102 valence electrons. The highest BCUT2D eigenvalue weighted by Crippen LogP contribution is 2.35. The molecule has 1 saturated heterocycles. The van der Waals surface area contributed by atoms with Crippen molar-refractivity contribution in [2.24, 2.45) is 0 Å². The van der Waals surface area contributed by atoms with E-state index in [1.54, 1.807) is 16.2 Å². The first-order valence-electron chi connectivity index (χ1n) is 6.78. The van der Waals surface area contributed by atoms with Gasteiger partial charge in [-0.15, -0.1) is 11.3 Å². The zero-order chi connectivity index (χ0) is 13.5. The Morgan fingerprint density at radius 1 is 1.42 bits per heavy atom. The van der Waals surface area contributed by atoms with Crippen LogP contribution in [0.5, 0.6) is 0 Å². The second-order valence-corrected chi connectivity index (χ2v) is 6.50. The zero-order valence-corrected chi connectivity index (χ0v) is 11.8. The number of rotatable bonds is 2. The predicted molar refractivity (Wildman–Crippen MR) is 73.7 cm³/mol. The second kappa shape index (κ2) is 4.63. The lowest BCUT2D eigenvalue weighted by Crippen LogP contribution is -2.68. The van der Waals surface area contributed by atoms with E-state index in [0.717, 1.165) is 30.6 Å². The average Bonchev–Trinajstić information content (AvgIpc) is 3.04. The number of thiophene rings is 1. The SMILES string of the molecule is CC1C(=O)NC2(CCCC2)C(=O)N1Cc1cccs1. The fourth-order valence-electron chi connectivity index (χ4n) is 3.08. The van der Waals surface area contributed by atoms with Crippen LogP contribution in [0.25, 0.3) is 0 Å². The molecule has 1 N–H and O–H groups in total. The van der Waals surface area contributed by atoms with E-state index < -0.39 is 5.54 Å². The predicted octanol–water partition coefficient (Wildman–Crippen LogP) is 1.91. The lowest BCUT2D eigenvalue weighted by Gasteiger charge is -2.43. The third kappa shape index (κ3) is 2.06. The van der Waals surface area contributed by atoms with Gasteiger partial charge in [-0.2, -0.15) is 0 Å². The fraction of sp³-hybridized carbons (Fsp3) is 0.571. The largest absolute Gasteiger partial charge is 0.340 e. The molecule has 1 aromatic rings. The van der Waals surface area contributed by atoms with E-state index in [0.29, 0.717) is 6.54 Å². The molecule has 1 saturated carbocycles. The van der Waals surface area contributed by atoms with Gasteiger partial charge in [0.15, 0.2) is 0 Å². The minimum Gasteiger partial charge on any atom is -0.340 e. The highest BCUT2D eigenvalue weighted by molar-refractivity contribution is 7.09. The quantitative estimate of drug-likeness (QED) is 0.898. The van der Waals surface area contributed by atoms with E-state index in [1.807, 2.05) is 24.4 Å². The molecule has 1 spiro atoms. The van der Waals surface area contributed by atoms with Gasteiger partial charge in [0.2, 0.25) is 11.8 Å². The third-order valence-corrected chi connectivity index (χ3v) is 5.10. The van der Waals surface area contributed by atoms with Crippen LogP contribution in [0, 0.1) is 0 Å². The van der Waals surface area contributed by atoms with Gasteiger partial charge in [-0.3, -0.25) is 9.59 Å². The molecule has 19 heavy (non-hydrogen) atoms. The lowest BCUT2D eigenvalue weighted by atomic mass is 9.91. The number of carbonyl (C=O) groups is 2. The highest BCUT2D eigenvalue weighted by Gasteiger charge is 2.50. The standard InChI is InChI=1S/C14H18N2O2S/c1-10-12(17)15-14(6-2-3-7-14)13(18)16(10)9-11-5-4-8-19-11/h4-5,8,10H,2-3,6-7,9H2,1H3,(H,15,17). The van der Waals surface area contributed by atoms with E-state index in [9.17, 15) is 9.59 Å². The van der Waals surface area contributed by atoms with Crippen LogP contribution in [0.15, 0.2) is 17.5 Å². The van der Waals surface area contributed by atoms with Gasteiger partial charge in [-0.05, 0) is 31.2 Å². The molecule has 2 amide bonds. The van der Waals surface area contributed by atoms with Gasteiger partial charge in [-0.25, -0.2) is 0 Å². The Balaban J connectivity index is 1.87. The summed E-state index contributed by atoms with van der Waals surface area (Å²) in [7, 11) is 0. The van der Waals surface area contributed by atoms with Crippen molar-refractivity contribution in [2.45, 2.75) is 50.7 Å². The summed E-state index contributed by atoms with van der Waals surface area (Å²) in [6, 6.07) is 3.61. The molecular formula is C14H18N2O2S. The molecule has 2 aliphatic rings. The number of piperazine rings is 1. The van der Waals surface area contributed by atoms with E-state index in [1.165, 1.54) is 0 Å². The molecule has 4 nitrogen and oxygen atoms in total. The normalized spacial score (nSPS) is 25.9. The maximum atomic E-state index is 12.7. The van der Waals surface area contributed by atoms with Crippen molar-refractivity contribution in [3.05, 3.63) is 22.4 Å². The lowest BCUT2D eigenvalue weighted by molar-refractivity contribution is -0.154. The van der Waals surface area contributed by atoms with Crippen LogP contribution in [0.2, 0.25) is 0 Å². The zero-order valence-electron chi connectivity index (χ0n) is 11.0. The number of hydrogen-bond donors (Lipinski definition) is 1. The molecule has 1 atom stereocenters. The minimum atomic E-state index is -0.610. The Morgan fingerprint density at radius 3 is 2.79 bits per heavy atom. The molecule has 3 rings (SSSR count). The molecule has 0 bridgehead atoms. The first-order valence-corrected chi connectivity index (χ1v) is 7.66. The fourth-order valence-corrected chi connectivity index (χ4v) is 3.79. The molecule has 2 heterocycles. The summed E-state index contributed by atoms with van der Waals surface area (Å²) in [6.07, 6.45) is 3.61. The second-order valence-electron chi connectivity index (χ2n) is 5.47. The molecule has 5 heteroatoms. The summed E-state index contributed by atoms with van der Waals surface area (Å²) in [5.74, 6) is 0.0866. The van der Waals surface area contributed by atoms with Crippen molar-refractivity contribution in [1.82, 2.24) is 10.2 Å². The number of carbonyl (C=O) groups excluding carboxylic acids is 2. The molecule has 1 aliphatic carbocycles. The Labute approximate surface area is 116 Å². The first kappa shape index (κ1) is 12.7. The van der Waals surface area contributed by atoms with Crippen molar-refractivity contribution in [2.75, 3.05) is 0 Å². The number of hydrogen-bond acceptors (Lipinski definition) is 3. The molecule has 2 fully saturated rings. The summed E-state index contributed by atoms with van der Waals surface area (Å²) in [6.45, 7) is 2.36. The third-order valence-electron chi connectivity index (χ3n) is 4.24. The maximum Gasteiger partial charge on any atom is 0.249 e. The van der Waals surface area contributed by atoms with Crippen LogP contribution < -0.4 is 5.32 Å². The van der Waals surface area contributed by atoms with Gasteiger partial charge in [-0.1, -0.05) is 18.9 Å². The smallest absolute Gasteiger partial charge is 0.249 e. The number of amides is 2. The first-order chi connectivity index (χ1) is 9.12. The van der Waals surface area contributed by atoms with Gasteiger partial charge < -0.3 is 10.2 Å². The van der Waals surface area contributed by atoms with Gasteiger partial charge in [0, 0.05) is 4.88 Å². The maximum absolute atomic E-state index is 12.7. The Bertz CT molecular complexity index is 492. The highest BCUT2D eigenvalue weighted by atomic mass is 32.1. The van der Waals surface area contributed by atoms with Crippen LogP contribution >= 0.6 is 11.3 Å². The topological polar surface area (TPSA) is 49.4 Å². The molecule has 1 aliphatic heterocycles.